The molecule has 0 aromatic carbocycles. The van der Waals surface area contributed by atoms with Crippen molar-refractivity contribution in [3.05, 3.63) is 29.6 Å². The van der Waals surface area contributed by atoms with Crippen molar-refractivity contribution in [1.29, 1.82) is 0 Å². The van der Waals surface area contributed by atoms with Crippen LogP contribution in [0.25, 0.3) is 0 Å². The molecule has 114 valence electrons. The standard InChI is InChI=1S/C17H25N3O/c1-13(21)18-11-15-7-3-8-16(19-15)17-9-4-10-20(17)12-14-5-2-6-14/h3,7-8,14,17H,2,4-6,9-12H2,1H3,(H,18,21). The molecular weight excluding hydrogens is 262 g/mol. The Morgan fingerprint density at radius 2 is 2.19 bits per heavy atom. The van der Waals surface area contributed by atoms with Crippen LogP contribution in [0.3, 0.4) is 0 Å². The first-order valence-corrected chi connectivity index (χ1v) is 8.16. The third kappa shape index (κ3) is 3.62. The molecule has 1 aliphatic heterocycles. The van der Waals surface area contributed by atoms with Crippen molar-refractivity contribution >= 4 is 5.91 Å². The van der Waals surface area contributed by atoms with E-state index in [2.05, 4.69) is 22.3 Å². The average Bonchev–Trinajstić information content (AvgIpc) is 2.89. The van der Waals surface area contributed by atoms with E-state index < -0.39 is 0 Å². The maximum absolute atomic E-state index is 11.0. The van der Waals surface area contributed by atoms with Crippen LogP contribution in [0.5, 0.6) is 0 Å². The van der Waals surface area contributed by atoms with Crippen molar-refractivity contribution in [3.63, 3.8) is 0 Å². The summed E-state index contributed by atoms with van der Waals surface area (Å²) in [5.41, 5.74) is 2.13. The zero-order valence-corrected chi connectivity index (χ0v) is 12.8. The van der Waals surface area contributed by atoms with Crippen LogP contribution in [0, 0.1) is 5.92 Å². The fourth-order valence-electron chi connectivity index (χ4n) is 3.38. The maximum atomic E-state index is 11.0. The van der Waals surface area contributed by atoms with E-state index in [0.717, 1.165) is 11.6 Å². The molecule has 21 heavy (non-hydrogen) atoms. The van der Waals surface area contributed by atoms with Gasteiger partial charge in [0.15, 0.2) is 0 Å². The highest BCUT2D eigenvalue weighted by atomic mass is 16.1. The molecule has 2 heterocycles. The van der Waals surface area contributed by atoms with Crippen molar-refractivity contribution in [2.75, 3.05) is 13.1 Å². The molecule has 1 aromatic heterocycles. The first kappa shape index (κ1) is 14.5. The minimum atomic E-state index is -0.00493. The van der Waals surface area contributed by atoms with Gasteiger partial charge in [-0.25, -0.2) is 0 Å². The van der Waals surface area contributed by atoms with Crippen LogP contribution in [-0.2, 0) is 11.3 Å². The molecule has 1 saturated heterocycles. The first-order valence-electron chi connectivity index (χ1n) is 8.16. The molecule has 3 rings (SSSR count). The molecule has 0 radical (unpaired) electrons. The Labute approximate surface area is 126 Å². The Bertz CT molecular complexity index is 499. The van der Waals surface area contributed by atoms with Gasteiger partial charge in [-0.2, -0.15) is 0 Å². The van der Waals surface area contributed by atoms with Gasteiger partial charge >= 0.3 is 0 Å². The number of nitrogens with one attached hydrogen (secondary N) is 1. The van der Waals surface area contributed by atoms with Gasteiger partial charge in [0.1, 0.15) is 0 Å². The summed E-state index contributed by atoms with van der Waals surface area (Å²) >= 11 is 0. The van der Waals surface area contributed by atoms with Crippen molar-refractivity contribution in [1.82, 2.24) is 15.2 Å². The summed E-state index contributed by atoms with van der Waals surface area (Å²) in [7, 11) is 0. The monoisotopic (exact) mass is 287 g/mol. The van der Waals surface area contributed by atoms with E-state index in [-0.39, 0.29) is 5.91 Å². The zero-order chi connectivity index (χ0) is 14.7. The van der Waals surface area contributed by atoms with Gasteiger partial charge in [-0.3, -0.25) is 14.7 Å². The number of carbonyl (C=O) groups excluding carboxylic acids is 1. The van der Waals surface area contributed by atoms with Gasteiger partial charge < -0.3 is 5.32 Å². The number of rotatable bonds is 5. The van der Waals surface area contributed by atoms with Crippen molar-refractivity contribution in [2.24, 2.45) is 5.92 Å². The van der Waals surface area contributed by atoms with Gasteiger partial charge in [-0.1, -0.05) is 12.5 Å². The summed E-state index contributed by atoms with van der Waals surface area (Å²) in [5, 5.41) is 2.83. The van der Waals surface area contributed by atoms with Crippen LogP contribution in [0.1, 0.15) is 56.5 Å². The van der Waals surface area contributed by atoms with Crippen LogP contribution >= 0.6 is 0 Å². The lowest BCUT2D eigenvalue weighted by Gasteiger charge is -2.33. The van der Waals surface area contributed by atoms with E-state index in [0.29, 0.717) is 12.6 Å². The fraction of sp³-hybridized carbons (Fsp3) is 0.647. The normalized spacial score (nSPS) is 23.0. The van der Waals surface area contributed by atoms with Crippen LogP contribution in [0.4, 0.5) is 0 Å². The Balaban J connectivity index is 1.66. The third-order valence-corrected chi connectivity index (χ3v) is 4.77. The molecule has 1 saturated carbocycles. The van der Waals surface area contributed by atoms with Gasteiger partial charge in [0.2, 0.25) is 5.91 Å². The minimum absolute atomic E-state index is 0.00493. The molecule has 0 bridgehead atoms. The molecule has 1 atom stereocenters. The summed E-state index contributed by atoms with van der Waals surface area (Å²) in [6.45, 7) is 4.51. The molecular formula is C17H25N3O. The summed E-state index contributed by atoms with van der Waals surface area (Å²) in [4.78, 5) is 18.4. The van der Waals surface area contributed by atoms with E-state index in [9.17, 15) is 4.79 Å². The lowest BCUT2D eigenvalue weighted by Crippen LogP contribution is -2.32. The van der Waals surface area contributed by atoms with Crippen LogP contribution in [0.2, 0.25) is 0 Å². The van der Waals surface area contributed by atoms with Gasteiger partial charge in [-0.15, -0.1) is 0 Å². The van der Waals surface area contributed by atoms with E-state index in [1.54, 1.807) is 6.92 Å². The van der Waals surface area contributed by atoms with Crippen molar-refractivity contribution in [3.8, 4) is 0 Å². The quantitative estimate of drug-likeness (QED) is 0.905. The number of amides is 1. The van der Waals surface area contributed by atoms with Crippen molar-refractivity contribution < 1.29 is 4.79 Å². The topological polar surface area (TPSA) is 45.2 Å². The SMILES string of the molecule is CC(=O)NCc1cccc(C2CCCN2CC2CCC2)n1. The predicted octanol–water partition coefficient (Wildman–Crippen LogP) is 2.65. The van der Waals surface area contributed by atoms with Gasteiger partial charge in [0.05, 0.1) is 24.0 Å². The zero-order valence-electron chi connectivity index (χ0n) is 12.8. The van der Waals surface area contributed by atoms with E-state index in [1.165, 1.54) is 50.9 Å². The smallest absolute Gasteiger partial charge is 0.217 e. The molecule has 2 aliphatic rings. The summed E-state index contributed by atoms with van der Waals surface area (Å²) in [6.07, 6.45) is 6.70. The van der Waals surface area contributed by atoms with E-state index in [1.807, 2.05) is 6.07 Å². The number of nitrogens with zero attached hydrogens (tertiary/aromatic N) is 2. The third-order valence-electron chi connectivity index (χ3n) is 4.77. The van der Waals surface area contributed by atoms with E-state index >= 15 is 0 Å². The molecule has 4 nitrogen and oxygen atoms in total. The second-order valence-corrected chi connectivity index (χ2v) is 6.41. The van der Waals surface area contributed by atoms with Crippen LogP contribution < -0.4 is 5.32 Å². The second kappa shape index (κ2) is 6.56. The Morgan fingerprint density at radius 1 is 1.33 bits per heavy atom. The number of hydrogen-bond acceptors (Lipinski definition) is 3. The molecule has 4 heteroatoms. The van der Waals surface area contributed by atoms with Crippen LogP contribution in [0.15, 0.2) is 18.2 Å². The average molecular weight is 287 g/mol. The van der Waals surface area contributed by atoms with Gasteiger partial charge in [-0.05, 0) is 50.3 Å². The molecule has 1 unspecified atom stereocenters. The van der Waals surface area contributed by atoms with Crippen molar-refractivity contribution in [2.45, 2.75) is 51.6 Å². The number of pyridine rings is 1. The number of carbonyl (C=O) groups is 1. The van der Waals surface area contributed by atoms with Gasteiger partial charge in [0.25, 0.3) is 0 Å². The first-order chi connectivity index (χ1) is 10.2. The number of hydrogen-bond donors (Lipinski definition) is 1. The van der Waals surface area contributed by atoms with Crippen LogP contribution in [-0.4, -0.2) is 28.9 Å². The predicted molar refractivity (Wildman–Crippen MR) is 82.6 cm³/mol. The van der Waals surface area contributed by atoms with Gasteiger partial charge in [0, 0.05) is 13.5 Å². The second-order valence-electron chi connectivity index (χ2n) is 6.41. The summed E-state index contributed by atoms with van der Waals surface area (Å²) in [5.74, 6) is 0.905. The number of aromatic nitrogens is 1. The maximum Gasteiger partial charge on any atom is 0.217 e. The highest BCUT2D eigenvalue weighted by molar-refractivity contribution is 5.72. The Morgan fingerprint density at radius 3 is 2.90 bits per heavy atom. The fourth-order valence-corrected chi connectivity index (χ4v) is 3.38. The largest absolute Gasteiger partial charge is 0.351 e. The Kier molecular flexibility index (Phi) is 4.54. The molecule has 1 aliphatic carbocycles. The summed E-state index contributed by atoms with van der Waals surface area (Å²) < 4.78 is 0. The molecule has 1 N–H and O–H groups in total. The lowest BCUT2D eigenvalue weighted by atomic mass is 9.85. The highest BCUT2D eigenvalue weighted by Crippen LogP contribution is 2.35. The molecule has 1 aromatic rings. The Hall–Kier alpha value is -1.42. The molecule has 2 fully saturated rings. The lowest BCUT2D eigenvalue weighted by molar-refractivity contribution is -0.119. The molecule has 0 spiro atoms. The number of likely N-dealkylation sites (tertiary alicyclic amines) is 1. The summed E-state index contributed by atoms with van der Waals surface area (Å²) in [6, 6.07) is 6.67. The minimum Gasteiger partial charge on any atom is -0.351 e. The molecule has 1 amide bonds. The van der Waals surface area contributed by atoms with E-state index in [4.69, 9.17) is 4.98 Å². The highest BCUT2D eigenvalue weighted by Gasteiger charge is 2.30.